The number of esters is 1. The van der Waals surface area contributed by atoms with Crippen molar-refractivity contribution in [2.24, 2.45) is 5.41 Å². The Labute approximate surface area is 96.5 Å². The lowest BCUT2D eigenvalue weighted by molar-refractivity contribution is -0.145. The number of carbonyl (C=O) groups excluding carboxylic acids is 1. The first-order valence-electron chi connectivity index (χ1n) is 6.59. The lowest BCUT2D eigenvalue weighted by Crippen LogP contribution is -2.52. The van der Waals surface area contributed by atoms with E-state index in [1.54, 1.807) is 0 Å². The molecule has 2 atom stereocenters. The van der Waals surface area contributed by atoms with Crippen molar-refractivity contribution in [3.05, 3.63) is 0 Å². The molecular formula is C13H20O3. The first-order chi connectivity index (χ1) is 7.74. The van der Waals surface area contributed by atoms with Gasteiger partial charge in [-0.15, -0.1) is 0 Å². The van der Waals surface area contributed by atoms with Gasteiger partial charge in [0.15, 0.2) is 6.10 Å². The molecule has 90 valence electrons. The second-order valence-electron chi connectivity index (χ2n) is 5.48. The van der Waals surface area contributed by atoms with E-state index in [2.05, 4.69) is 0 Å². The zero-order valence-electron chi connectivity index (χ0n) is 9.96. The van der Waals surface area contributed by atoms with E-state index in [1.165, 1.54) is 38.5 Å². The molecule has 3 aliphatic rings. The lowest BCUT2D eigenvalue weighted by atomic mass is 9.52. The smallest absolute Gasteiger partial charge is 0.338 e. The molecule has 2 aliphatic carbocycles. The quantitative estimate of drug-likeness (QED) is 0.534. The predicted octanol–water partition coefficient (Wildman–Crippen LogP) is 2.43. The van der Waals surface area contributed by atoms with Gasteiger partial charge in [-0.05, 0) is 32.6 Å². The first-order valence-corrected chi connectivity index (χ1v) is 6.59. The molecule has 0 radical (unpaired) electrons. The summed E-state index contributed by atoms with van der Waals surface area (Å²) in [5.74, 6) is -0.132. The third kappa shape index (κ3) is 1.21. The molecule has 0 aromatic heterocycles. The molecule has 3 rings (SSSR count). The Hall–Kier alpha value is -0.570. The van der Waals surface area contributed by atoms with Crippen LogP contribution in [0.25, 0.3) is 0 Å². The molecule has 2 saturated carbocycles. The number of carbonyl (C=O) groups is 1. The van der Waals surface area contributed by atoms with Crippen molar-refractivity contribution in [2.45, 2.75) is 63.6 Å². The molecular weight excluding hydrogens is 204 g/mol. The van der Waals surface area contributed by atoms with Gasteiger partial charge in [-0.25, -0.2) is 4.79 Å². The van der Waals surface area contributed by atoms with E-state index < -0.39 is 0 Å². The summed E-state index contributed by atoms with van der Waals surface area (Å²) in [5, 5.41) is 0. The highest BCUT2D eigenvalue weighted by molar-refractivity contribution is 5.80. The van der Waals surface area contributed by atoms with Crippen LogP contribution in [0.2, 0.25) is 0 Å². The maximum atomic E-state index is 11.7. The Morgan fingerprint density at radius 3 is 2.56 bits per heavy atom. The monoisotopic (exact) mass is 224 g/mol. The first kappa shape index (κ1) is 10.6. The van der Waals surface area contributed by atoms with Crippen LogP contribution in [0.3, 0.4) is 0 Å². The molecule has 2 unspecified atom stereocenters. The average Bonchev–Trinajstić information content (AvgIpc) is 3.07. The van der Waals surface area contributed by atoms with E-state index in [0.717, 1.165) is 6.42 Å². The molecule has 1 saturated heterocycles. The molecule has 16 heavy (non-hydrogen) atoms. The number of hydrogen-bond acceptors (Lipinski definition) is 3. The van der Waals surface area contributed by atoms with Crippen LogP contribution in [0.1, 0.15) is 51.9 Å². The largest absolute Gasteiger partial charge is 0.464 e. The Kier molecular flexibility index (Phi) is 2.29. The second kappa shape index (κ2) is 3.46. The maximum absolute atomic E-state index is 11.7. The standard InChI is InChI=1S/C13H20O3/c1-2-15-11(14)10-13(16-10)9-8-12(13)6-4-3-5-7-12/h10H,2-9H2,1H3. The van der Waals surface area contributed by atoms with Gasteiger partial charge in [-0.2, -0.15) is 0 Å². The number of fused-ring (bicyclic) bond motifs is 1. The Morgan fingerprint density at radius 1 is 1.25 bits per heavy atom. The highest BCUT2D eigenvalue weighted by Gasteiger charge is 2.76. The summed E-state index contributed by atoms with van der Waals surface area (Å²) in [6.07, 6.45) is 8.55. The SMILES string of the molecule is CCOC(=O)C1OC12CCC21CCCCC1. The van der Waals surface area contributed by atoms with Crippen LogP contribution in [0, 0.1) is 5.41 Å². The van der Waals surface area contributed by atoms with Crippen molar-refractivity contribution < 1.29 is 14.3 Å². The topological polar surface area (TPSA) is 38.8 Å². The van der Waals surface area contributed by atoms with Crippen molar-refractivity contribution in [3.8, 4) is 0 Å². The highest BCUT2D eigenvalue weighted by Crippen LogP contribution is 2.69. The fourth-order valence-corrected chi connectivity index (χ4v) is 3.85. The van der Waals surface area contributed by atoms with Gasteiger partial charge >= 0.3 is 5.97 Å². The molecule has 2 spiro atoms. The fraction of sp³-hybridized carbons (Fsp3) is 0.923. The van der Waals surface area contributed by atoms with Crippen LogP contribution in [0.4, 0.5) is 0 Å². The van der Waals surface area contributed by atoms with Crippen LogP contribution >= 0.6 is 0 Å². The lowest BCUT2D eigenvalue weighted by Gasteiger charge is -2.51. The number of epoxide rings is 1. The predicted molar refractivity (Wildman–Crippen MR) is 59.0 cm³/mol. The minimum absolute atomic E-state index is 0.0975. The normalized spacial score (nSPS) is 39.4. The molecule has 0 bridgehead atoms. The van der Waals surface area contributed by atoms with E-state index in [0.29, 0.717) is 12.0 Å². The Balaban J connectivity index is 1.70. The Bertz CT molecular complexity index is 306. The number of hydrogen-bond donors (Lipinski definition) is 0. The van der Waals surface area contributed by atoms with E-state index in [1.807, 2.05) is 6.92 Å². The van der Waals surface area contributed by atoms with Crippen LogP contribution in [-0.2, 0) is 14.3 Å². The molecule has 1 aliphatic heterocycles. The van der Waals surface area contributed by atoms with Crippen molar-refractivity contribution >= 4 is 5.97 Å². The summed E-state index contributed by atoms with van der Waals surface area (Å²) in [4.78, 5) is 11.7. The average molecular weight is 224 g/mol. The zero-order valence-corrected chi connectivity index (χ0v) is 9.96. The van der Waals surface area contributed by atoms with Crippen LogP contribution in [0.5, 0.6) is 0 Å². The second-order valence-corrected chi connectivity index (χ2v) is 5.48. The van der Waals surface area contributed by atoms with Gasteiger partial charge in [-0.1, -0.05) is 19.3 Å². The molecule has 0 aromatic rings. The molecule has 0 N–H and O–H groups in total. The maximum Gasteiger partial charge on any atom is 0.338 e. The third-order valence-corrected chi connectivity index (χ3v) is 4.88. The summed E-state index contributed by atoms with van der Waals surface area (Å²) in [7, 11) is 0. The number of rotatable bonds is 2. The van der Waals surface area contributed by atoms with Crippen molar-refractivity contribution in [2.75, 3.05) is 6.61 Å². The Morgan fingerprint density at radius 2 is 2.00 bits per heavy atom. The summed E-state index contributed by atoms with van der Waals surface area (Å²) in [5.41, 5.74) is 0.238. The van der Waals surface area contributed by atoms with E-state index in [4.69, 9.17) is 9.47 Å². The highest BCUT2D eigenvalue weighted by atomic mass is 16.7. The third-order valence-electron chi connectivity index (χ3n) is 4.88. The van der Waals surface area contributed by atoms with Crippen LogP contribution in [-0.4, -0.2) is 24.3 Å². The van der Waals surface area contributed by atoms with Gasteiger partial charge < -0.3 is 9.47 Å². The minimum atomic E-state index is -0.237. The van der Waals surface area contributed by atoms with Crippen molar-refractivity contribution in [3.63, 3.8) is 0 Å². The van der Waals surface area contributed by atoms with E-state index >= 15 is 0 Å². The van der Waals surface area contributed by atoms with Gasteiger partial charge in [0.25, 0.3) is 0 Å². The molecule has 1 heterocycles. The summed E-state index contributed by atoms with van der Waals surface area (Å²) < 4.78 is 10.8. The van der Waals surface area contributed by atoms with Crippen molar-refractivity contribution in [1.82, 2.24) is 0 Å². The van der Waals surface area contributed by atoms with Gasteiger partial charge in [0, 0.05) is 5.41 Å². The van der Waals surface area contributed by atoms with Gasteiger partial charge in [-0.3, -0.25) is 0 Å². The van der Waals surface area contributed by atoms with Gasteiger partial charge in [0.2, 0.25) is 0 Å². The van der Waals surface area contributed by atoms with E-state index in [-0.39, 0.29) is 17.7 Å². The molecule has 3 nitrogen and oxygen atoms in total. The van der Waals surface area contributed by atoms with Crippen LogP contribution < -0.4 is 0 Å². The minimum Gasteiger partial charge on any atom is -0.464 e. The summed E-state index contributed by atoms with van der Waals surface area (Å²) in [6.45, 7) is 2.31. The molecule has 3 fully saturated rings. The van der Waals surface area contributed by atoms with E-state index in [9.17, 15) is 4.79 Å². The summed E-state index contributed by atoms with van der Waals surface area (Å²) in [6, 6.07) is 0. The number of ether oxygens (including phenoxy) is 2. The zero-order chi connectivity index (χ0) is 11.2. The molecule has 0 aromatic carbocycles. The van der Waals surface area contributed by atoms with Gasteiger partial charge in [0.05, 0.1) is 6.61 Å². The van der Waals surface area contributed by atoms with Crippen LogP contribution in [0.15, 0.2) is 0 Å². The fourth-order valence-electron chi connectivity index (χ4n) is 3.85. The van der Waals surface area contributed by atoms with Crippen molar-refractivity contribution in [1.29, 1.82) is 0 Å². The molecule has 0 amide bonds. The summed E-state index contributed by atoms with van der Waals surface area (Å²) >= 11 is 0. The molecule has 3 heteroatoms. The van der Waals surface area contributed by atoms with Gasteiger partial charge in [0.1, 0.15) is 5.60 Å².